The van der Waals surface area contributed by atoms with Gasteiger partial charge < -0.3 is 9.31 Å². The highest BCUT2D eigenvalue weighted by Gasteiger charge is 2.53. The quantitative estimate of drug-likeness (QED) is 0.754. The summed E-state index contributed by atoms with van der Waals surface area (Å²) in [5.41, 5.74) is -1.10. The van der Waals surface area contributed by atoms with Gasteiger partial charge in [-0.1, -0.05) is 24.5 Å². The fourth-order valence-corrected chi connectivity index (χ4v) is 4.10. The van der Waals surface area contributed by atoms with Gasteiger partial charge in [0.05, 0.1) is 23.4 Å². The van der Waals surface area contributed by atoms with Crippen molar-refractivity contribution in [3.05, 3.63) is 17.6 Å². The second kappa shape index (κ2) is 6.97. The molecule has 0 N–H and O–H groups in total. The number of rotatable bonds is 4. The van der Waals surface area contributed by atoms with Gasteiger partial charge in [0.1, 0.15) is 11.4 Å². The molecule has 0 atom stereocenters. The van der Waals surface area contributed by atoms with E-state index in [2.05, 4.69) is 15.2 Å². The third-order valence-electron chi connectivity index (χ3n) is 6.65. The molecule has 1 saturated carbocycles. The van der Waals surface area contributed by atoms with E-state index in [9.17, 15) is 4.39 Å². The fraction of sp³-hybridized carbons (Fsp3) is 0.789. The highest BCUT2D eigenvalue weighted by molar-refractivity contribution is 6.54. The molecule has 0 spiro atoms. The number of nitrogens with zero attached hydrogens (tertiary/aromatic N) is 4. The molecule has 4 rings (SSSR count). The van der Waals surface area contributed by atoms with E-state index in [4.69, 9.17) is 9.31 Å². The Morgan fingerprint density at radius 1 is 1.11 bits per heavy atom. The van der Waals surface area contributed by atoms with Gasteiger partial charge in [-0.15, -0.1) is 5.10 Å². The maximum Gasteiger partial charge on any atom is 0.525 e. The van der Waals surface area contributed by atoms with Crippen LogP contribution in [-0.4, -0.2) is 57.3 Å². The maximum atomic E-state index is 14.6. The van der Waals surface area contributed by atoms with Gasteiger partial charge in [-0.05, 0) is 46.6 Å². The first-order valence-electron chi connectivity index (χ1n) is 10.1. The van der Waals surface area contributed by atoms with Crippen LogP contribution in [0.1, 0.15) is 71.5 Å². The van der Waals surface area contributed by atoms with Gasteiger partial charge in [0.2, 0.25) is 0 Å². The topological polar surface area (TPSA) is 52.4 Å². The van der Waals surface area contributed by atoms with Crippen molar-refractivity contribution in [1.82, 2.24) is 19.9 Å². The van der Waals surface area contributed by atoms with Gasteiger partial charge in [0, 0.05) is 19.1 Å². The first kappa shape index (κ1) is 19.1. The number of likely N-dealkylation sites (tertiary alicyclic amines) is 1. The molecular formula is C19H30BFN4O2. The number of hydrogen-bond acceptors (Lipinski definition) is 5. The van der Waals surface area contributed by atoms with E-state index in [0.29, 0.717) is 11.7 Å². The fourth-order valence-electron chi connectivity index (χ4n) is 4.10. The van der Waals surface area contributed by atoms with Crippen LogP contribution in [-0.2, 0) is 9.31 Å². The van der Waals surface area contributed by atoms with Gasteiger partial charge >= 0.3 is 7.12 Å². The molecule has 8 heteroatoms. The van der Waals surface area contributed by atoms with Gasteiger partial charge in [0.15, 0.2) is 0 Å². The summed E-state index contributed by atoms with van der Waals surface area (Å²) in [4.78, 5) is 2.55. The Bertz CT molecular complexity index is 692. The average Bonchev–Trinajstić information content (AvgIpc) is 3.09. The lowest BCUT2D eigenvalue weighted by Crippen LogP contribution is -2.53. The summed E-state index contributed by atoms with van der Waals surface area (Å²) in [7, 11) is -0.995. The summed E-state index contributed by atoms with van der Waals surface area (Å²) in [6.45, 7) is 9.65. The summed E-state index contributed by atoms with van der Waals surface area (Å²) >= 11 is 0. The molecule has 1 aromatic rings. The monoisotopic (exact) mass is 376 g/mol. The van der Waals surface area contributed by atoms with Crippen molar-refractivity contribution >= 4 is 13.2 Å². The largest absolute Gasteiger partial charge is 0.525 e. The first-order valence-corrected chi connectivity index (χ1v) is 10.1. The molecule has 0 unspecified atom stereocenters. The van der Waals surface area contributed by atoms with Gasteiger partial charge in [-0.25, -0.2) is 9.07 Å². The van der Waals surface area contributed by atoms with Crippen molar-refractivity contribution in [2.45, 2.75) is 83.1 Å². The molecule has 0 amide bonds. The van der Waals surface area contributed by atoms with Crippen molar-refractivity contribution in [3.8, 4) is 0 Å². The Balaban J connectivity index is 1.35. The lowest BCUT2D eigenvalue weighted by Gasteiger charge is -2.45. The van der Waals surface area contributed by atoms with Crippen molar-refractivity contribution in [2.24, 2.45) is 0 Å². The molecule has 1 aromatic heterocycles. The molecule has 0 bridgehead atoms. The maximum absolute atomic E-state index is 14.6. The molecule has 1 aliphatic carbocycles. The van der Waals surface area contributed by atoms with Crippen LogP contribution in [0.3, 0.4) is 0 Å². The first-order chi connectivity index (χ1) is 12.7. The van der Waals surface area contributed by atoms with Crippen molar-refractivity contribution < 1.29 is 13.7 Å². The second-order valence-corrected chi connectivity index (χ2v) is 9.14. The molecule has 27 heavy (non-hydrogen) atoms. The smallest absolute Gasteiger partial charge is 0.398 e. The molecule has 0 radical (unpaired) electrons. The number of hydrogen-bond donors (Lipinski definition) is 0. The van der Waals surface area contributed by atoms with E-state index in [1.807, 2.05) is 38.6 Å². The van der Waals surface area contributed by atoms with Gasteiger partial charge in [0.25, 0.3) is 0 Å². The summed E-state index contributed by atoms with van der Waals surface area (Å²) < 4.78 is 28.0. The number of halogens is 1. The van der Waals surface area contributed by atoms with E-state index < -0.39 is 24.0 Å². The average molecular weight is 376 g/mol. The minimum Gasteiger partial charge on any atom is -0.398 e. The molecule has 2 saturated heterocycles. The third kappa shape index (κ3) is 3.71. The summed E-state index contributed by atoms with van der Waals surface area (Å²) in [6.07, 6.45) is 9.89. The van der Waals surface area contributed by atoms with Crippen LogP contribution < -0.4 is 0 Å². The lowest BCUT2D eigenvalue weighted by atomic mass is 9.87. The third-order valence-corrected chi connectivity index (χ3v) is 6.65. The normalized spacial score (nSPS) is 27.1. The van der Waals surface area contributed by atoms with Crippen LogP contribution in [0.25, 0.3) is 6.08 Å². The predicted molar refractivity (Wildman–Crippen MR) is 103 cm³/mol. The molecule has 6 nitrogen and oxygen atoms in total. The van der Waals surface area contributed by atoms with Crippen LogP contribution in [0.4, 0.5) is 4.39 Å². The Hall–Kier alpha value is -1.25. The van der Waals surface area contributed by atoms with Gasteiger partial charge in [-0.3, -0.25) is 4.90 Å². The summed E-state index contributed by atoms with van der Waals surface area (Å²) in [5.74, 6) is 0. The highest BCUT2D eigenvalue weighted by Crippen LogP contribution is 2.39. The molecular weight excluding hydrogens is 346 g/mol. The molecule has 0 aromatic carbocycles. The Labute approximate surface area is 161 Å². The molecule has 3 fully saturated rings. The van der Waals surface area contributed by atoms with Crippen molar-refractivity contribution in [1.29, 1.82) is 0 Å². The van der Waals surface area contributed by atoms with Crippen molar-refractivity contribution in [3.63, 3.8) is 0 Å². The molecule has 148 valence electrons. The summed E-state index contributed by atoms with van der Waals surface area (Å²) in [6, 6.07) is 1.07. The molecule has 3 heterocycles. The standard InChI is InChI=1S/C19H30BFN4O2/c1-18(2)19(3,4)27-20(26-18)17(21)10-14-11-25(23-22-14)16-12-24(13-16)15-8-6-5-7-9-15/h10-11,15-16H,5-9,12-13H2,1-4H3. The van der Waals surface area contributed by atoms with E-state index in [1.165, 1.54) is 38.2 Å². The highest BCUT2D eigenvalue weighted by atomic mass is 19.1. The molecule has 2 aliphatic heterocycles. The van der Waals surface area contributed by atoms with E-state index in [-0.39, 0.29) is 0 Å². The SMILES string of the molecule is CC1(C)OB(C(F)=Cc2cn(C3CN(C4CCCCC4)C3)nn2)OC1(C)C. The van der Waals surface area contributed by atoms with Crippen molar-refractivity contribution in [2.75, 3.05) is 13.1 Å². The number of aromatic nitrogens is 3. The zero-order valence-corrected chi connectivity index (χ0v) is 16.8. The predicted octanol–water partition coefficient (Wildman–Crippen LogP) is 3.41. The Morgan fingerprint density at radius 3 is 2.37 bits per heavy atom. The Morgan fingerprint density at radius 2 is 1.74 bits per heavy atom. The van der Waals surface area contributed by atoms with Gasteiger partial charge in [-0.2, -0.15) is 0 Å². The van der Waals surface area contributed by atoms with E-state index in [1.54, 1.807) is 0 Å². The van der Waals surface area contributed by atoms with Crippen LogP contribution in [0.15, 0.2) is 11.9 Å². The van der Waals surface area contributed by atoms with Crippen LogP contribution in [0, 0.1) is 0 Å². The second-order valence-electron chi connectivity index (χ2n) is 9.14. The van der Waals surface area contributed by atoms with Crippen LogP contribution in [0.5, 0.6) is 0 Å². The molecule has 3 aliphatic rings. The van der Waals surface area contributed by atoms with Crippen LogP contribution >= 0.6 is 0 Å². The lowest BCUT2D eigenvalue weighted by molar-refractivity contribution is 0.00578. The summed E-state index contributed by atoms with van der Waals surface area (Å²) in [5, 5.41) is 8.31. The minimum atomic E-state index is -0.995. The zero-order chi connectivity index (χ0) is 19.2. The zero-order valence-electron chi connectivity index (χ0n) is 16.8. The minimum absolute atomic E-state index is 0.335. The van der Waals surface area contributed by atoms with E-state index in [0.717, 1.165) is 19.1 Å². The van der Waals surface area contributed by atoms with E-state index >= 15 is 0 Å². The van der Waals surface area contributed by atoms with Crippen LogP contribution in [0.2, 0.25) is 0 Å². The Kier molecular flexibility index (Phi) is 4.93.